The summed E-state index contributed by atoms with van der Waals surface area (Å²) < 4.78 is 29.7. The van der Waals surface area contributed by atoms with Crippen LogP contribution in [0.15, 0.2) is 65.7 Å². The fourth-order valence-electron chi connectivity index (χ4n) is 5.42. The number of hydrogen-bond donors (Lipinski definition) is 1. The predicted molar refractivity (Wildman–Crippen MR) is 140 cm³/mol. The molecule has 0 bridgehead atoms. The third-order valence-corrected chi connectivity index (χ3v) is 9.60. The first-order valence-corrected chi connectivity index (χ1v) is 13.9. The Hall–Kier alpha value is -2.94. The van der Waals surface area contributed by atoms with Crippen molar-refractivity contribution in [2.75, 3.05) is 18.5 Å². The fourth-order valence-corrected chi connectivity index (χ4v) is 7.28. The van der Waals surface area contributed by atoms with Gasteiger partial charge in [0.2, 0.25) is 10.0 Å². The Morgan fingerprint density at radius 1 is 1.06 bits per heavy atom. The van der Waals surface area contributed by atoms with E-state index >= 15 is 0 Å². The van der Waals surface area contributed by atoms with Crippen molar-refractivity contribution in [1.82, 2.24) is 9.29 Å². The number of aromatic carboxylic acids is 1. The number of sulfonamides is 1. The van der Waals surface area contributed by atoms with Crippen molar-refractivity contribution in [3.05, 3.63) is 71.4 Å². The molecule has 188 valence electrons. The molecule has 7 nitrogen and oxygen atoms in total. The highest BCUT2D eigenvalue weighted by Crippen LogP contribution is 2.44. The second-order valence-corrected chi connectivity index (χ2v) is 11.8. The molecule has 3 aromatic rings. The van der Waals surface area contributed by atoms with Gasteiger partial charge in [0.1, 0.15) is 4.90 Å². The average molecular weight is 526 g/mol. The molecule has 1 fully saturated rings. The number of carbonyl (C=O) groups is 1. The minimum Gasteiger partial charge on any atom is -0.478 e. The summed E-state index contributed by atoms with van der Waals surface area (Å²) in [4.78, 5) is 18.0. The highest BCUT2D eigenvalue weighted by molar-refractivity contribution is 7.89. The molecule has 2 heterocycles. The number of hydrogen-bond acceptors (Lipinski definition) is 5. The lowest BCUT2D eigenvalue weighted by Gasteiger charge is -2.36. The quantitative estimate of drug-likeness (QED) is 0.461. The van der Waals surface area contributed by atoms with Crippen molar-refractivity contribution in [2.45, 2.75) is 43.0 Å². The number of pyridine rings is 1. The smallest absolute Gasteiger partial charge is 0.335 e. The highest BCUT2D eigenvalue weighted by atomic mass is 35.5. The standard InChI is InChI=1S/C27H28ClN3O4S/c1-30-25(18-8-4-2-5-9-18)17-31(20-10-6-3-7-11-20)24-16-22(28)21(15-26(24)36(30,34)35)23-14-19(27(32)33)12-13-29-23/h3,6-7,10-16,18,25H,2,4-5,8-9,17H2,1H3,(H,32,33)/t25-/m0/s1. The molecule has 36 heavy (non-hydrogen) atoms. The molecule has 1 atom stereocenters. The van der Waals surface area contributed by atoms with Crippen LogP contribution in [0.25, 0.3) is 11.3 Å². The van der Waals surface area contributed by atoms with E-state index in [9.17, 15) is 18.3 Å². The van der Waals surface area contributed by atoms with Gasteiger partial charge >= 0.3 is 5.97 Å². The maximum Gasteiger partial charge on any atom is 0.335 e. The van der Waals surface area contributed by atoms with E-state index in [0.29, 0.717) is 28.5 Å². The second-order valence-electron chi connectivity index (χ2n) is 9.47. The zero-order chi connectivity index (χ0) is 25.4. The van der Waals surface area contributed by atoms with Gasteiger partial charge in [0.05, 0.1) is 22.0 Å². The molecule has 1 N–H and O–H groups in total. The highest BCUT2D eigenvalue weighted by Gasteiger charge is 2.41. The normalized spacial score (nSPS) is 20.5. The van der Waals surface area contributed by atoms with E-state index < -0.39 is 16.0 Å². The zero-order valence-corrected chi connectivity index (χ0v) is 21.5. The number of aromatic nitrogens is 1. The lowest BCUT2D eigenvalue weighted by atomic mass is 9.83. The van der Waals surface area contributed by atoms with Gasteiger partial charge < -0.3 is 10.0 Å². The van der Waals surface area contributed by atoms with Gasteiger partial charge in [-0.1, -0.05) is 49.1 Å². The number of nitrogens with zero attached hydrogens (tertiary/aromatic N) is 3. The Bertz CT molecular complexity index is 1390. The summed E-state index contributed by atoms with van der Waals surface area (Å²) in [5.74, 6) is -0.828. The Morgan fingerprint density at radius 3 is 2.47 bits per heavy atom. The summed E-state index contributed by atoms with van der Waals surface area (Å²) in [6, 6.07) is 15.6. The van der Waals surface area contributed by atoms with E-state index in [1.165, 1.54) is 35.1 Å². The molecule has 2 aromatic carbocycles. The van der Waals surface area contributed by atoms with Crippen LogP contribution in [0.5, 0.6) is 0 Å². The van der Waals surface area contributed by atoms with Crippen LogP contribution >= 0.6 is 11.6 Å². The molecular weight excluding hydrogens is 498 g/mol. The largest absolute Gasteiger partial charge is 0.478 e. The number of carboxylic acid groups (broad SMARTS) is 1. The lowest BCUT2D eigenvalue weighted by Crippen LogP contribution is -2.46. The summed E-state index contributed by atoms with van der Waals surface area (Å²) in [5.41, 5.74) is 2.13. The summed E-state index contributed by atoms with van der Waals surface area (Å²) in [6.07, 6.45) is 6.78. The van der Waals surface area contributed by atoms with E-state index in [2.05, 4.69) is 4.98 Å². The third kappa shape index (κ3) is 4.49. The van der Waals surface area contributed by atoms with Gasteiger partial charge in [-0.3, -0.25) is 4.98 Å². The van der Waals surface area contributed by atoms with Gasteiger partial charge in [0.15, 0.2) is 0 Å². The minimum atomic E-state index is -3.88. The number of rotatable bonds is 4. The first-order valence-electron chi connectivity index (χ1n) is 12.1. The van der Waals surface area contributed by atoms with Gasteiger partial charge in [-0.25, -0.2) is 13.2 Å². The van der Waals surface area contributed by atoms with Crippen LogP contribution in [0, 0.1) is 5.92 Å². The predicted octanol–water partition coefficient (Wildman–Crippen LogP) is 5.82. The van der Waals surface area contributed by atoms with E-state index in [4.69, 9.17) is 11.6 Å². The zero-order valence-electron chi connectivity index (χ0n) is 20.0. The second kappa shape index (κ2) is 9.84. The Kier molecular flexibility index (Phi) is 6.76. The van der Waals surface area contributed by atoms with Crippen molar-refractivity contribution >= 4 is 39.0 Å². The van der Waals surface area contributed by atoms with E-state index in [0.717, 1.165) is 31.4 Å². The maximum atomic E-state index is 14.1. The van der Waals surface area contributed by atoms with Crippen molar-refractivity contribution < 1.29 is 18.3 Å². The topological polar surface area (TPSA) is 90.8 Å². The van der Waals surface area contributed by atoms with Gasteiger partial charge in [-0.05, 0) is 55.2 Å². The Labute approximate surface area is 216 Å². The average Bonchev–Trinajstić information content (AvgIpc) is 2.97. The van der Waals surface area contributed by atoms with E-state index in [1.807, 2.05) is 35.2 Å². The van der Waals surface area contributed by atoms with Crippen LogP contribution < -0.4 is 4.90 Å². The first kappa shape index (κ1) is 24.7. The summed E-state index contributed by atoms with van der Waals surface area (Å²) in [7, 11) is -2.21. The molecule has 2 aliphatic rings. The van der Waals surface area contributed by atoms with Crippen LogP contribution in [0.1, 0.15) is 42.5 Å². The van der Waals surface area contributed by atoms with Crippen LogP contribution in [-0.2, 0) is 10.0 Å². The summed E-state index contributed by atoms with van der Waals surface area (Å²) in [5, 5.41) is 9.72. The molecule has 1 saturated carbocycles. The summed E-state index contributed by atoms with van der Waals surface area (Å²) >= 11 is 6.73. The molecular formula is C27H28ClN3O4S. The Balaban J connectivity index is 1.70. The third-order valence-electron chi connectivity index (χ3n) is 7.38. The molecule has 0 amide bonds. The minimum absolute atomic E-state index is 0.0502. The Morgan fingerprint density at radius 2 is 1.78 bits per heavy atom. The fraction of sp³-hybridized carbons (Fsp3) is 0.333. The van der Waals surface area contributed by atoms with E-state index in [-0.39, 0.29) is 22.4 Å². The van der Waals surface area contributed by atoms with Crippen LogP contribution in [0.3, 0.4) is 0 Å². The number of likely N-dealkylation sites (N-methyl/N-ethyl adjacent to an activating group) is 1. The van der Waals surface area contributed by atoms with Gasteiger partial charge in [-0.15, -0.1) is 0 Å². The molecule has 0 saturated heterocycles. The molecule has 9 heteroatoms. The number of para-hydroxylation sites is 1. The van der Waals surface area contributed by atoms with Crippen LogP contribution in [0.4, 0.5) is 11.4 Å². The number of anilines is 2. The van der Waals surface area contributed by atoms with Gasteiger partial charge in [0, 0.05) is 37.1 Å². The monoisotopic (exact) mass is 525 g/mol. The van der Waals surface area contributed by atoms with Gasteiger partial charge in [-0.2, -0.15) is 4.31 Å². The lowest BCUT2D eigenvalue weighted by molar-refractivity contribution is 0.0696. The number of fused-ring (bicyclic) bond motifs is 1. The molecule has 5 rings (SSSR count). The van der Waals surface area contributed by atoms with Crippen molar-refractivity contribution in [3.8, 4) is 11.3 Å². The number of carboxylic acids is 1. The molecule has 0 unspecified atom stereocenters. The number of halogens is 1. The van der Waals surface area contributed by atoms with Crippen molar-refractivity contribution in [3.63, 3.8) is 0 Å². The van der Waals surface area contributed by atoms with Crippen LogP contribution in [-0.4, -0.2) is 48.4 Å². The SMILES string of the molecule is CN1[C@H](C2CCCCC2)CN(c2ccccc2)c2cc(Cl)c(-c3cc(C(=O)O)ccn3)cc2S1(=O)=O. The van der Waals surface area contributed by atoms with Crippen LogP contribution in [0.2, 0.25) is 5.02 Å². The number of benzene rings is 2. The molecule has 1 aliphatic heterocycles. The maximum absolute atomic E-state index is 14.1. The molecule has 0 spiro atoms. The van der Waals surface area contributed by atoms with E-state index in [1.54, 1.807) is 13.1 Å². The molecule has 0 radical (unpaired) electrons. The molecule has 1 aliphatic carbocycles. The van der Waals surface area contributed by atoms with Crippen molar-refractivity contribution in [1.29, 1.82) is 0 Å². The van der Waals surface area contributed by atoms with Crippen molar-refractivity contribution in [2.24, 2.45) is 5.92 Å². The molecule has 1 aromatic heterocycles. The van der Waals surface area contributed by atoms with Gasteiger partial charge in [0.25, 0.3) is 0 Å². The summed E-state index contributed by atoms with van der Waals surface area (Å²) in [6.45, 7) is 0.514. The first-order chi connectivity index (χ1) is 17.3.